The fourth-order valence-electron chi connectivity index (χ4n) is 1.36. The number of anilines is 2. The highest BCUT2D eigenvalue weighted by Crippen LogP contribution is 2.13. The van der Waals surface area contributed by atoms with Crippen LogP contribution in [-0.2, 0) is 7.05 Å². The summed E-state index contributed by atoms with van der Waals surface area (Å²) in [5.41, 5.74) is 6.25. The second-order valence-electron chi connectivity index (χ2n) is 3.39. The lowest BCUT2D eigenvalue weighted by Gasteiger charge is -2.05. The van der Waals surface area contributed by atoms with E-state index in [2.05, 4.69) is 15.4 Å². The number of nitrogens with one attached hydrogen (secondary N) is 1. The van der Waals surface area contributed by atoms with E-state index in [0.717, 1.165) is 0 Å². The average molecular weight is 252 g/mol. The number of hydrogen-bond donors (Lipinski definition) is 2. The molecule has 0 aromatic carbocycles. The van der Waals surface area contributed by atoms with Crippen molar-refractivity contribution in [1.82, 2.24) is 14.8 Å². The lowest BCUT2D eigenvalue weighted by atomic mass is 10.3. The predicted octanol–water partition coefficient (Wildman–Crippen LogP) is 1.30. The van der Waals surface area contributed by atoms with Gasteiger partial charge in [-0.2, -0.15) is 5.10 Å². The minimum atomic E-state index is -0.364. The van der Waals surface area contributed by atoms with Crippen LogP contribution in [0.15, 0.2) is 24.5 Å². The van der Waals surface area contributed by atoms with E-state index in [0.29, 0.717) is 22.2 Å². The molecule has 0 unspecified atom stereocenters. The molecule has 6 nitrogen and oxygen atoms in total. The Labute approximate surface area is 102 Å². The number of pyridine rings is 1. The summed E-state index contributed by atoms with van der Waals surface area (Å²) in [6.07, 6.45) is 2.87. The number of aromatic nitrogens is 3. The van der Waals surface area contributed by atoms with Crippen molar-refractivity contribution in [2.45, 2.75) is 0 Å². The van der Waals surface area contributed by atoms with Crippen molar-refractivity contribution in [2.75, 3.05) is 11.1 Å². The Balaban J connectivity index is 2.20. The fourth-order valence-corrected chi connectivity index (χ4v) is 1.47. The summed E-state index contributed by atoms with van der Waals surface area (Å²) in [6.45, 7) is 0. The Bertz CT molecular complexity index is 529. The molecule has 2 heterocycles. The highest BCUT2D eigenvalue weighted by atomic mass is 35.5. The van der Waals surface area contributed by atoms with Crippen LogP contribution in [0.3, 0.4) is 0 Å². The van der Waals surface area contributed by atoms with E-state index < -0.39 is 0 Å². The first kappa shape index (κ1) is 11.4. The van der Waals surface area contributed by atoms with Gasteiger partial charge in [0.05, 0.1) is 16.9 Å². The molecular formula is C10H10ClN5O. The predicted molar refractivity (Wildman–Crippen MR) is 64.8 cm³/mol. The summed E-state index contributed by atoms with van der Waals surface area (Å²) in [4.78, 5) is 15.8. The SMILES string of the molecule is Cn1ncc(N)c1C(=O)Nc1ccc(Cl)cn1. The molecule has 0 aliphatic carbocycles. The van der Waals surface area contributed by atoms with Gasteiger partial charge in [-0.1, -0.05) is 11.6 Å². The van der Waals surface area contributed by atoms with Gasteiger partial charge in [0.25, 0.3) is 5.91 Å². The minimum absolute atomic E-state index is 0.293. The topological polar surface area (TPSA) is 85.8 Å². The van der Waals surface area contributed by atoms with E-state index in [4.69, 9.17) is 17.3 Å². The van der Waals surface area contributed by atoms with Crippen LogP contribution in [0, 0.1) is 0 Å². The highest BCUT2D eigenvalue weighted by molar-refractivity contribution is 6.30. The van der Waals surface area contributed by atoms with Crippen LogP contribution in [-0.4, -0.2) is 20.7 Å². The molecule has 0 saturated carbocycles. The molecule has 2 rings (SSSR count). The number of carbonyl (C=O) groups excluding carboxylic acids is 1. The van der Waals surface area contributed by atoms with Crippen LogP contribution in [0.4, 0.5) is 11.5 Å². The van der Waals surface area contributed by atoms with Gasteiger partial charge < -0.3 is 11.1 Å². The molecule has 1 amide bonds. The van der Waals surface area contributed by atoms with Gasteiger partial charge >= 0.3 is 0 Å². The molecule has 0 fully saturated rings. The maximum Gasteiger partial charge on any atom is 0.277 e. The number of amides is 1. The third kappa shape index (κ3) is 2.36. The maximum absolute atomic E-state index is 11.9. The highest BCUT2D eigenvalue weighted by Gasteiger charge is 2.15. The zero-order valence-electron chi connectivity index (χ0n) is 9.01. The van der Waals surface area contributed by atoms with Crippen LogP contribution in [0.5, 0.6) is 0 Å². The number of rotatable bonds is 2. The monoisotopic (exact) mass is 251 g/mol. The lowest BCUT2D eigenvalue weighted by Crippen LogP contribution is -2.18. The average Bonchev–Trinajstić information content (AvgIpc) is 2.62. The van der Waals surface area contributed by atoms with Crippen molar-refractivity contribution in [1.29, 1.82) is 0 Å². The number of carbonyl (C=O) groups is 1. The smallest absolute Gasteiger partial charge is 0.277 e. The van der Waals surface area contributed by atoms with E-state index in [-0.39, 0.29) is 5.91 Å². The summed E-state index contributed by atoms with van der Waals surface area (Å²) in [5, 5.41) is 6.99. The quantitative estimate of drug-likeness (QED) is 0.842. The van der Waals surface area contributed by atoms with Gasteiger partial charge in [0.2, 0.25) is 0 Å². The Kier molecular flexibility index (Phi) is 2.97. The van der Waals surface area contributed by atoms with E-state index in [1.165, 1.54) is 17.1 Å². The number of hydrogen-bond acceptors (Lipinski definition) is 4. The largest absolute Gasteiger partial charge is 0.396 e. The number of aryl methyl sites for hydroxylation is 1. The summed E-state index contributed by atoms with van der Waals surface area (Å²) in [7, 11) is 1.64. The van der Waals surface area contributed by atoms with E-state index in [1.807, 2.05) is 0 Å². The molecule has 0 aliphatic heterocycles. The Morgan fingerprint density at radius 2 is 2.24 bits per heavy atom. The molecule has 2 aromatic rings. The first-order valence-electron chi connectivity index (χ1n) is 4.78. The van der Waals surface area contributed by atoms with Crippen LogP contribution in [0.1, 0.15) is 10.5 Å². The first-order valence-corrected chi connectivity index (χ1v) is 5.16. The molecule has 0 saturated heterocycles. The van der Waals surface area contributed by atoms with E-state index in [1.54, 1.807) is 19.2 Å². The molecule has 88 valence electrons. The number of nitrogen functional groups attached to an aromatic ring is 1. The summed E-state index contributed by atoms with van der Waals surface area (Å²) in [6, 6.07) is 3.24. The molecule has 3 N–H and O–H groups in total. The van der Waals surface area contributed by atoms with E-state index in [9.17, 15) is 4.79 Å². The van der Waals surface area contributed by atoms with Crippen LogP contribution < -0.4 is 11.1 Å². The van der Waals surface area contributed by atoms with Gasteiger partial charge in [0.1, 0.15) is 11.5 Å². The van der Waals surface area contributed by atoms with Gasteiger partial charge in [0.15, 0.2) is 0 Å². The van der Waals surface area contributed by atoms with Crippen molar-refractivity contribution >= 4 is 29.0 Å². The maximum atomic E-state index is 11.9. The van der Waals surface area contributed by atoms with Crippen molar-refractivity contribution in [3.63, 3.8) is 0 Å². The summed E-state index contributed by atoms with van der Waals surface area (Å²) >= 11 is 5.69. The number of nitrogens with two attached hydrogens (primary N) is 1. The fraction of sp³-hybridized carbons (Fsp3) is 0.100. The second kappa shape index (κ2) is 4.42. The first-order chi connectivity index (χ1) is 8.08. The Hall–Kier alpha value is -2.08. The zero-order chi connectivity index (χ0) is 12.4. The standard InChI is InChI=1S/C10H10ClN5O/c1-16-9(7(12)5-14-16)10(17)15-8-3-2-6(11)4-13-8/h2-5H,12H2,1H3,(H,13,15,17). The van der Waals surface area contributed by atoms with E-state index >= 15 is 0 Å². The van der Waals surface area contributed by atoms with Crippen molar-refractivity contribution in [2.24, 2.45) is 7.05 Å². The molecule has 0 spiro atoms. The molecule has 0 radical (unpaired) electrons. The number of halogens is 1. The number of nitrogens with zero attached hydrogens (tertiary/aromatic N) is 3. The third-order valence-electron chi connectivity index (χ3n) is 2.15. The van der Waals surface area contributed by atoms with Gasteiger partial charge in [-0.3, -0.25) is 9.48 Å². The molecule has 17 heavy (non-hydrogen) atoms. The molecule has 0 atom stereocenters. The van der Waals surface area contributed by atoms with Crippen LogP contribution in [0.25, 0.3) is 0 Å². The van der Waals surface area contributed by atoms with Gasteiger partial charge in [-0.25, -0.2) is 4.98 Å². The molecular weight excluding hydrogens is 242 g/mol. The van der Waals surface area contributed by atoms with Crippen LogP contribution in [0.2, 0.25) is 5.02 Å². The van der Waals surface area contributed by atoms with Gasteiger partial charge in [-0.15, -0.1) is 0 Å². The molecule has 0 aliphatic rings. The molecule has 2 aromatic heterocycles. The second-order valence-corrected chi connectivity index (χ2v) is 3.82. The third-order valence-corrected chi connectivity index (χ3v) is 2.37. The zero-order valence-corrected chi connectivity index (χ0v) is 9.77. The molecule has 7 heteroatoms. The van der Waals surface area contributed by atoms with Crippen molar-refractivity contribution < 1.29 is 4.79 Å². The normalized spacial score (nSPS) is 10.2. The van der Waals surface area contributed by atoms with Crippen LogP contribution >= 0.6 is 11.6 Å². The Morgan fingerprint density at radius 3 is 2.76 bits per heavy atom. The molecule has 0 bridgehead atoms. The van der Waals surface area contributed by atoms with Gasteiger partial charge in [-0.05, 0) is 12.1 Å². The van der Waals surface area contributed by atoms with Crippen molar-refractivity contribution in [3.8, 4) is 0 Å². The minimum Gasteiger partial charge on any atom is -0.396 e. The summed E-state index contributed by atoms with van der Waals surface area (Å²) in [5.74, 6) is 0.0392. The summed E-state index contributed by atoms with van der Waals surface area (Å²) < 4.78 is 1.40. The van der Waals surface area contributed by atoms with Crippen molar-refractivity contribution in [3.05, 3.63) is 35.2 Å². The van der Waals surface area contributed by atoms with Gasteiger partial charge in [0, 0.05) is 13.2 Å². The Morgan fingerprint density at radius 1 is 1.47 bits per heavy atom. The lowest BCUT2D eigenvalue weighted by molar-refractivity contribution is 0.101.